The number of thiophene rings is 1. The van der Waals surface area contributed by atoms with Gasteiger partial charge in [-0.2, -0.15) is 0 Å². The van der Waals surface area contributed by atoms with Gasteiger partial charge in [-0.25, -0.2) is 4.39 Å². The van der Waals surface area contributed by atoms with Crippen LogP contribution in [0.1, 0.15) is 53.3 Å². The van der Waals surface area contributed by atoms with E-state index in [1.807, 2.05) is 39.1 Å². The van der Waals surface area contributed by atoms with Gasteiger partial charge in [0.25, 0.3) is 5.91 Å². The minimum absolute atomic E-state index is 0.121. The maximum atomic E-state index is 13.4. The van der Waals surface area contributed by atoms with Crippen LogP contribution in [0.5, 0.6) is 0 Å². The van der Waals surface area contributed by atoms with Gasteiger partial charge in [0.15, 0.2) is 5.69 Å². The van der Waals surface area contributed by atoms with Crippen LogP contribution in [-0.4, -0.2) is 31.8 Å². The summed E-state index contributed by atoms with van der Waals surface area (Å²) in [6.07, 6.45) is 0. The van der Waals surface area contributed by atoms with Crippen LogP contribution < -0.4 is 5.32 Å². The van der Waals surface area contributed by atoms with Gasteiger partial charge in [0, 0.05) is 22.3 Å². The molecule has 0 unspecified atom stereocenters. The Bertz CT molecular complexity index is 1010. The van der Waals surface area contributed by atoms with Gasteiger partial charge in [-0.15, -0.1) is 16.4 Å². The van der Waals surface area contributed by atoms with Gasteiger partial charge in [0.2, 0.25) is 5.91 Å². The van der Waals surface area contributed by atoms with Crippen LogP contribution in [0.4, 0.5) is 4.39 Å². The van der Waals surface area contributed by atoms with Gasteiger partial charge < -0.3 is 10.2 Å². The van der Waals surface area contributed by atoms with Crippen molar-refractivity contribution in [1.82, 2.24) is 19.8 Å². The first-order valence-electron chi connectivity index (χ1n) is 9.34. The molecule has 2 amide bonds. The van der Waals surface area contributed by atoms with E-state index in [-0.39, 0.29) is 24.0 Å². The molecule has 0 fully saturated rings. The zero-order valence-corrected chi connectivity index (χ0v) is 18.8. The van der Waals surface area contributed by atoms with Crippen molar-refractivity contribution in [2.45, 2.75) is 45.8 Å². The van der Waals surface area contributed by atoms with Crippen molar-refractivity contribution in [3.05, 3.63) is 68.6 Å². The van der Waals surface area contributed by atoms with Gasteiger partial charge in [-0.3, -0.25) is 9.59 Å². The lowest BCUT2D eigenvalue weighted by Gasteiger charge is -2.33. The molecule has 0 aliphatic heterocycles. The molecule has 0 saturated heterocycles. The van der Waals surface area contributed by atoms with Crippen LogP contribution in [0.3, 0.4) is 0 Å². The number of nitrogens with zero attached hydrogens (tertiary/aromatic N) is 3. The van der Waals surface area contributed by atoms with Crippen LogP contribution in [0.2, 0.25) is 0 Å². The highest BCUT2D eigenvalue weighted by Gasteiger charge is 2.36. The van der Waals surface area contributed by atoms with E-state index >= 15 is 0 Å². The first-order chi connectivity index (χ1) is 14.2. The summed E-state index contributed by atoms with van der Waals surface area (Å²) >= 11 is 2.49. The van der Waals surface area contributed by atoms with Gasteiger partial charge >= 0.3 is 0 Å². The molecule has 0 saturated carbocycles. The zero-order chi connectivity index (χ0) is 21.9. The second-order valence-electron chi connectivity index (χ2n) is 7.96. The van der Waals surface area contributed by atoms with Crippen molar-refractivity contribution in [2.24, 2.45) is 0 Å². The molecule has 6 nitrogen and oxygen atoms in total. The molecule has 1 atom stereocenters. The number of hydrogen-bond donors (Lipinski definition) is 1. The Kier molecular flexibility index (Phi) is 6.62. The van der Waals surface area contributed by atoms with E-state index < -0.39 is 17.5 Å². The minimum Gasteiger partial charge on any atom is -0.349 e. The largest absolute Gasteiger partial charge is 0.349 e. The second kappa shape index (κ2) is 9.01. The molecule has 0 aliphatic carbocycles. The van der Waals surface area contributed by atoms with Crippen LogP contribution in [0.15, 0.2) is 41.1 Å². The van der Waals surface area contributed by atoms with Crippen LogP contribution >= 0.6 is 22.9 Å². The molecule has 0 radical (unpaired) electrons. The van der Waals surface area contributed by atoms with Gasteiger partial charge in [-0.1, -0.05) is 16.6 Å². The normalized spacial score (nSPS) is 12.4. The molecule has 158 valence electrons. The van der Waals surface area contributed by atoms with E-state index in [2.05, 4.69) is 14.9 Å². The topological polar surface area (TPSA) is 75.2 Å². The summed E-state index contributed by atoms with van der Waals surface area (Å²) in [4.78, 5) is 29.0. The first-order valence-corrected chi connectivity index (χ1v) is 11.1. The number of nitrogens with one attached hydrogen (secondary N) is 1. The van der Waals surface area contributed by atoms with Crippen molar-refractivity contribution >= 4 is 34.7 Å². The molecule has 1 N–H and O–H groups in total. The van der Waals surface area contributed by atoms with Gasteiger partial charge in [-0.05, 0) is 73.9 Å². The molecular formula is C21H23FN4O2S2. The highest BCUT2D eigenvalue weighted by Crippen LogP contribution is 2.32. The number of carbonyl (C=O) groups is 2. The van der Waals surface area contributed by atoms with Crippen molar-refractivity contribution in [1.29, 1.82) is 0 Å². The smallest absolute Gasteiger partial charge is 0.276 e. The van der Waals surface area contributed by atoms with Crippen molar-refractivity contribution < 1.29 is 14.0 Å². The third kappa shape index (κ3) is 5.28. The lowest BCUT2D eigenvalue weighted by atomic mass is 10.0. The van der Waals surface area contributed by atoms with E-state index in [4.69, 9.17) is 0 Å². The van der Waals surface area contributed by atoms with Gasteiger partial charge in [0.05, 0.1) is 0 Å². The molecule has 0 spiro atoms. The Balaban J connectivity index is 2.07. The number of hydrogen-bond acceptors (Lipinski definition) is 6. The molecule has 3 rings (SSSR count). The summed E-state index contributed by atoms with van der Waals surface area (Å²) < 4.78 is 17.2. The Morgan fingerprint density at radius 1 is 1.20 bits per heavy atom. The maximum absolute atomic E-state index is 13.4. The highest BCUT2D eigenvalue weighted by molar-refractivity contribution is 7.10. The Morgan fingerprint density at radius 2 is 1.90 bits per heavy atom. The fourth-order valence-corrected chi connectivity index (χ4v) is 4.44. The number of rotatable bonds is 6. The Morgan fingerprint density at radius 3 is 2.43 bits per heavy atom. The fourth-order valence-electron chi connectivity index (χ4n) is 2.98. The van der Waals surface area contributed by atoms with Crippen molar-refractivity contribution in [3.63, 3.8) is 0 Å². The fraction of sp³-hybridized carbons (Fsp3) is 0.333. The molecule has 0 aliphatic rings. The van der Waals surface area contributed by atoms with E-state index in [1.54, 1.807) is 17.5 Å². The molecule has 9 heteroatoms. The summed E-state index contributed by atoms with van der Waals surface area (Å²) in [6, 6.07) is 6.95. The number of halogens is 1. The third-order valence-electron chi connectivity index (χ3n) is 4.31. The Hall–Kier alpha value is -2.65. The number of aryl methyl sites for hydroxylation is 1. The Labute approximate surface area is 182 Å². The highest BCUT2D eigenvalue weighted by atomic mass is 32.1. The van der Waals surface area contributed by atoms with E-state index in [0.717, 1.165) is 22.0 Å². The second-order valence-corrected chi connectivity index (χ2v) is 9.52. The number of carbonyl (C=O) groups excluding carboxylic acids is 2. The quantitative estimate of drug-likeness (QED) is 0.611. The summed E-state index contributed by atoms with van der Waals surface area (Å²) in [5, 5.41) is 10.3. The van der Waals surface area contributed by atoms with E-state index in [0.29, 0.717) is 5.56 Å². The summed E-state index contributed by atoms with van der Waals surface area (Å²) in [5.41, 5.74) is 1.32. The summed E-state index contributed by atoms with van der Waals surface area (Å²) in [5.74, 6) is -1.06. The lowest BCUT2D eigenvalue weighted by molar-refractivity contribution is -0.127. The van der Waals surface area contributed by atoms with Crippen LogP contribution in [0, 0.1) is 12.7 Å². The van der Waals surface area contributed by atoms with Crippen LogP contribution in [0.25, 0.3) is 0 Å². The zero-order valence-electron chi connectivity index (χ0n) is 17.2. The molecule has 3 aromatic rings. The van der Waals surface area contributed by atoms with E-state index in [9.17, 15) is 14.0 Å². The predicted molar refractivity (Wildman–Crippen MR) is 116 cm³/mol. The monoisotopic (exact) mass is 446 g/mol. The number of amides is 2. The van der Waals surface area contributed by atoms with Crippen LogP contribution in [-0.2, 0) is 11.3 Å². The minimum atomic E-state index is -0.858. The average Bonchev–Trinajstić information content (AvgIpc) is 3.33. The van der Waals surface area contributed by atoms with Gasteiger partial charge in [0.1, 0.15) is 11.9 Å². The summed E-state index contributed by atoms with van der Waals surface area (Å²) in [6.45, 7) is 7.70. The van der Waals surface area contributed by atoms with E-state index in [1.165, 1.54) is 28.4 Å². The third-order valence-corrected chi connectivity index (χ3v) is 5.89. The molecule has 30 heavy (non-hydrogen) atoms. The standard InChI is InChI=1S/C21H23FN4O2S2/c1-13-9-10-29-18(13)17(19(27)23-21(2,3)4)26(20(28)16-12-30-25-24-16)11-14-5-7-15(22)8-6-14/h5-10,12,17H,11H2,1-4H3,(H,23,27)/t17-/m0/s1. The number of benzene rings is 1. The lowest BCUT2D eigenvalue weighted by Crippen LogP contribution is -2.49. The maximum Gasteiger partial charge on any atom is 0.276 e. The van der Waals surface area contributed by atoms with Crippen molar-refractivity contribution in [3.8, 4) is 0 Å². The number of aromatic nitrogens is 2. The average molecular weight is 447 g/mol. The SMILES string of the molecule is Cc1ccsc1[C@@H](C(=O)NC(C)(C)C)N(Cc1ccc(F)cc1)C(=O)c1csnn1. The summed E-state index contributed by atoms with van der Waals surface area (Å²) in [7, 11) is 0. The molecule has 1 aromatic carbocycles. The molecular weight excluding hydrogens is 423 g/mol. The molecule has 2 heterocycles. The molecule has 0 bridgehead atoms. The molecule has 2 aromatic heterocycles. The first kappa shape index (κ1) is 22.0. The predicted octanol–water partition coefficient (Wildman–Crippen LogP) is 4.35. The van der Waals surface area contributed by atoms with Crippen molar-refractivity contribution in [2.75, 3.05) is 0 Å².